The zero-order valence-corrected chi connectivity index (χ0v) is 14.8. The molecule has 0 radical (unpaired) electrons. The predicted octanol–water partition coefficient (Wildman–Crippen LogP) is 4.82. The summed E-state index contributed by atoms with van der Waals surface area (Å²) < 4.78 is 27.9. The third kappa shape index (κ3) is 3.54. The molecule has 0 saturated carbocycles. The number of thiazole rings is 1. The molecule has 2 heterocycles. The van der Waals surface area contributed by atoms with Crippen LogP contribution in [0.25, 0.3) is 10.2 Å². The van der Waals surface area contributed by atoms with E-state index in [9.17, 15) is 13.6 Å². The topological polar surface area (TPSA) is 46.1 Å². The molecule has 0 atom stereocenters. The summed E-state index contributed by atoms with van der Waals surface area (Å²) in [5.74, 6) is -1.70. The molecule has 1 amide bonds. The van der Waals surface area contributed by atoms with Crippen LogP contribution in [0, 0.1) is 11.6 Å². The Morgan fingerprint density at radius 1 is 1.07 bits per heavy atom. The minimum absolute atomic E-state index is 0.0495. The van der Waals surface area contributed by atoms with Crippen LogP contribution < -0.4 is 4.90 Å². The lowest BCUT2D eigenvalue weighted by Gasteiger charge is -2.20. The summed E-state index contributed by atoms with van der Waals surface area (Å²) in [7, 11) is 0. The third-order valence-corrected chi connectivity index (χ3v) is 4.99. The monoisotopic (exact) mass is 381 g/mol. The molecule has 4 aromatic rings. The van der Waals surface area contributed by atoms with Gasteiger partial charge in [-0.2, -0.15) is 0 Å². The number of amides is 1. The van der Waals surface area contributed by atoms with E-state index in [-0.39, 0.29) is 18.0 Å². The average Bonchev–Trinajstić information content (AvgIpc) is 3.11. The van der Waals surface area contributed by atoms with Gasteiger partial charge in [0.15, 0.2) is 10.9 Å². The van der Waals surface area contributed by atoms with Gasteiger partial charge in [-0.25, -0.2) is 13.8 Å². The molecule has 4 nitrogen and oxygen atoms in total. The van der Waals surface area contributed by atoms with Crippen LogP contribution in [-0.2, 0) is 6.54 Å². The van der Waals surface area contributed by atoms with E-state index in [0.717, 1.165) is 23.0 Å². The van der Waals surface area contributed by atoms with Gasteiger partial charge < -0.3 is 0 Å². The number of benzene rings is 2. The van der Waals surface area contributed by atoms with Crippen LogP contribution >= 0.6 is 11.3 Å². The Balaban J connectivity index is 1.80. The number of nitrogens with zero attached hydrogens (tertiary/aromatic N) is 3. The second kappa shape index (κ2) is 7.20. The number of aromatic nitrogens is 2. The molecule has 0 saturated heterocycles. The molecule has 27 heavy (non-hydrogen) atoms. The number of pyridine rings is 1. The van der Waals surface area contributed by atoms with E-state index in [0.29, 0.717) is 15.4 Å². The molecule has 0 unspecified atom stereocenters. The molecule has 0 aliphatic rings. The maximum absolute atomic E-state index is 14.1. The Hall–Kier alpha value is -3.19. The first-order valence-corrected chi connectivity index (χ1v) is 8.95. The molecule has 0 bridgehead atoms. The van der Waals surface area contributed by atoms with Crippen molar-refractivity contribution < 1.29 is 13.6 Å². The van der Waals surface area contributed by atoms with Crippen LogP contribution in [0.3, 0.4) is 0 Å². The lowest BCUT2D eigenvalue weighted by atomic mass is 10.2. The van der Waals surface area contributed by atoms with E-state index < -0.39 is 11.6 Å². The van der Waals surface area contributed by atoms with Crippen molar-refractivity contribution in [2.45, 2.75) is 6.54 Å². The molecule has 0 N–H and O–H groups in total. The fourth-order valence-electron chi connectivity index (χ4n) is 2.70. The van der Waals surface area contributed by atoms with Gasteiger partial charge in [0.05, 0.1) is 11.2 Å². The minimum Gasteiger partial charge on any atom is -0.279 e. The number of rotatable bonds is 4. The number of carbonyl (C=O) groups is 1. The highest BCUT2D eigenvalue weighted by Gasteiger charge is 2.23. The van der Waals surface area contributed by atoms with E-state index >= 15 is 0 Å². The van der Waals surface area contributed by atoms with Crippen molar-refractivity contribution in [3.63, 3.8) is 0 Å². The van der Waals surface area contributed by atoms with Gasteiger partial charge in [-0.05, 0) is 29.8 Å². The molecule has 2 aromatic heterocycles. The third-order valence-electron chi connectivity index (χ3n) is 3.96. The standard InChI is InChI=1S/C20H13F2N3OS/c21-15-9-16(22)18-17(10-15)27-20(24-18)25(12-13-5-4-8-23-11-13)19(26)14-6-2-1-3-7-14/h1-11H,12H2. The highest BCUT2D eigenvalue weighted by molar-refractivity contribution is 7.22. The van der Waals surface area contributed by atoms with Gasteiger partial charge in [0.25, 0.3) is 5.91 Å². The fourth-order valence-corrected chi connectivity index (χ4v) is 3.70. The largest absolute Gasteiger partial charge is 0.279 e. The molecule has 0 aliphatic carbocycles. The van der Waals surface area contributed by atoms with Crippen LogP contribution in [0.2, 0.25) is 0 Å². The molecule has 0 spiro atoms. The number of hydrogen-bond acceptors (Lipinski definition) is 4. The summed E-state index contributed by atoms with van der Waals surface area (Å²) in [6, 6.07) is 14.4. The van der Waals surface area contributed by atoms with E-state index in [2.05, 4.69) is 9.97 Å². The Morgan fingerprint density at radius 2 is 1.89 bits per heavy atom. The van der Waals surface area contributed by atoms with Gasteiger partial charge in [-0.15, -0.1) is 0 Å². The Morgan fingerprint density at radius 3 is 2.63 bits per heavy atom. The van der Waals surface area contributed by atoms with Gasteiger partial charge in [0, 0.05) is 24.0 Å². The van der Waals surface area contributed by atoms with Crippen LogP contribution in [0.5, 0.6) is 0 Å². The van der Waals surface area contributed by atoms with Crippen molar-refractivity contribution >= 4 is 32.6 Å². The SMILES string of the molecule is O=C(c1ccccc1)N(Cc1cccnc1)c1nc2c(F)cc(F)cc2s1. The number of carbonyl (C=O) groups excluding carboxylic acids is 1. The first-order chi connectivity index (χ1) is 13.1. The van der Waals surface area contributed by atoms with Crippen molar-refractivity contribution in [2.75, 3.05) is 4.90 Å². The van der Waals surface area contributed by atoms with Gasteiger partial charge in [0.1, 0.15) is 11.3 Å². The summed E-state index contributed by atoms with van der Waals surface area (Å²) in [6.45, 7) is 0.214. The summed E-state index contributed by atoms with van der Waals surface area (Å²) >= 11 is 1.07. The second-order valence-corrected chi connectivity index (χ2v) is 6.86. The summed E-state index contributed by atoms with van der Waals surface area (Å²) in [5.41, 5.74) is 1.33. The van der Waals surface area contributed by atoms with Gasteiger partial charge >= 0.3 is 0 Å². The molecule has 4 rings (SSSR count). The fraction of sp³-hybridized carbons (Fsp3) is 0.0500. The summed E-state index contributed by atoms with van der Waals surface area (Å²) in [5, 5.41) is 0.298. The maximum Gasteiger partial charge on any atom is 0.260 e. The second-order valence-electron chi connectivity index (χ2n) is 5.85. The van der Waals surface area contributed by atoms with Crippen LogP contribution in [0.4, 0.5) is 13.9 Å². The summed E-state index contributed by atoms with van der Waals surface area (Å²) in [4.78, 5) is 22.9. The van der Waals surface area contributed by atoms with Crippen molar-refractivity contribution in [1.29, 1.82) is 0 Å². The number of anilines is 1. The Bertz CT molecular complexity index is 1100. The lowest BCUT2D eigenvalue weighted by Crippen LogP contribution is -2.30. The van der Waals surface area contributed by atoms with Crippen LogP contribution in [0.15, 0.2) is 67.0 Å². The number of hydrogen-bond donors (Lipinski definition) is 0. The zero-order valence-electron chi connectivity index (χ0n) is 14.0. The van der Waals surface area contributed by atoms with Gasteiger partial charge in [-0.1, -0.05) is 35.6 Å². The van der Waals surface area contributed by atoms with E-state index in [1.165, 1.54) is 11.0 Å². The molecule has 2 aromatic carbocycles. The van der Waals surface area contributed by atoms with Crippen molar-refractivity contribution in [2.24, 2.45) is 0 Å². The smallest absolute Gasteiger partial charge is 0.260 e. The highest BCUT2D eigenvalue weighted by Crippen LogP contribution is 2.32. The maximum atomic E-state index is 14.1. The molecule has 0 aliphatic heterocycles. The molecule has 134 valence electrons. The van der Waals surface area contributed by atoms with Crippen molar-refractivity contribution in [3.8, 4) is 0 Å². The normalized spacial score (nSPS) is 10.9. The predicted molar refractivity (Wildman–Crippen MR) is 101 cm³/mol. The average molecular weight is 381 g/mol. The van der Waals surface area contributed by atoms with E-state index in [1.54, 1.807) is 42.7 Å². The van der Waals surface area contributed by atoms with Gasteiger partial charge in [0.2, 0.25) is 0 Å². The highest BCUT2D eigenvalue weighted by atomic mass is 32.1. The van der Waals surface area contributed by atoms with Gasteiger partial charge in [-0.3, -0.25) is 14.7 Å². The van der Waals surface area contributed by atoms with E-state index in [1.807, 2.05) is 12.1 Å². The quantitative estimate of drug-likeness (QED) is 0.509. The van der Waals surface area contributed by atoms with Crippen molar-refractivity contribution in [3.05, 3.63) is 89.8 Å². The van der Waals surface area contributed by atoms with Crippen molar-refractivity contribution in [1.82, 2.24) is 9.97 Å². The van der Waals surface area contributed by atoms with E-state index in [4.69, 9.17) is 0 Å². The molecular formula is C20H13F2N3OS. The molecule has 0 fully saturated rings. The zero-order chi connectivity index (χ0) is 18.8. The minimum atomic E-state index is -0.749. The van der Waals surface area contributed by atoms with Crippen LogP contribution in [-0.4, -0.2) is 15.9 Å². The van der Waals surface area contributed by atoms with Crippen LogP contribution in [0.1, 0.15) is 15.9 Å². The Kier molecular flexibility index (Phi) is 4.60. The Labute approximate surface area is 157 Å². The number of halogens is 2. The lowest BCUT2D eigenvalue weighted by molar-refractivity contribution is 0.0985. The first-order valence-electron chi connectivity index (χ1n) is 8.13. The molecule has 7 heteroatoms. The summed E-state index contributed by atoms with van der Waals surface area (Å²) in [6.07, 6.45) is 3.29. The first kappa shape index (κ1) is 17.2. The number of fused-ring (bicyclic) bond motifs is 1. The molecular weight excluding hydrogens is 368 g/mol.